The molecule has 0 aliphatic rings. The van der Waals surface area contributed by atoms with Gasteiger partial charge >= 0.3 is 5.97 Å². The quantitative estimate of drug-likeness (QED) is 0.283. The van der Waals surface area contributed by atoms with E-state index >= 15 is 0 Å². The van der Waals surface area contributed by atoms with E-state index in [4.69, 9.17) is 16.3 Å². The van der Waals surface area contributed by atoms with Crippen molar-refractivity contribution in [3.8, 4) is 5.75 Å². The van der Waals surface area contributed by atoms with E-state index in [2.05, 4.69) is 21.2 Å². The van der Waals surface area contributed by atoms with Crippen LogP contribution in [0.15, 0.2) is 76.1 Å². The molecule has 0 radical (unpaired) electrons. The van der Waals surface area contributed by atoms with Gasteiger partial charge in [0.15, 0.2) is 0 Å². The number of hydrogen-bond acceptors (Lipinski definition) is 5. The zero-order valence-corrected chi connectivity index (χ0v) is 21.6. The van der Waals surface area contributed by atoms with E-state index in [1.54, 1.807) is 50.2 Å². The summed E-state index contributed by atoms with van der Waals surface area (Å²) in [5, 5.41) is 2.80. The Labute approximate surface area is 211 Å². The molecule has 3 aromatic carbocycles. The minimum absolute atomic E-state index is 0.0527. The van der Waals surface area contributed by atoms with Gasteiger partial charge in [-0.05, 0) is 54.6 Å². The Hall–Kier alpha value is -2.72. The van der Waals surface area contributed by atoms with Crippen molar-refractivity contribution in [1.82, 2.24) is 4.31 Å². The molecule has 0 aliphatic carbocycles. The summed E-state index contributed by atoms with van der Waals surface area (Å²) >= 11 is 9.49. The van der Waals surface area contributed by atoms with Gasteiger partial charge in [0.05, 0.1) is 15.5 Å². The maximum atomic E-state index is 12.8. The van der Waals surface area contributed by atoms with Crippen molar-refractivity contribution in [2.75, 3.05) is 18.4 Å². The molecule has 3 aromatic rings. The Bertz CT molecular complexity index is 1310. The van der Waals surface area contributed by atoms with E-state index in [1.807, 2.05) is 0 Å². The SMILES string of the molecule is CCN(CC)S(=O)(=O)c1ccc(Cl)c(C(=O)Oc2cccc(NC(=O)c3ccc(Br)cc3)c2)c1. The summed E-state index contributed by atoms with van der Waals surface area (Å²) < 4.78 is 33.2. The molecule has 0 spiro atoms. The molecule has 0 atom stereocenters. The van der Waals surface area contributed by atoms with Crippen LogP contribution in [0.25, 0.3) is 0 Å². The van der Waals surface area contributed by atoms with Crippen LogP contribution in [0.2, 0.25) is 5.02 Å². The average Bonchev–Trinajstić information content (AvgIpc) is 2.80. The van der Waals surface area contributed by atoms with Crippen molar-refractivity contribution in [3.05, 3.63) is 87.4 Å². The number of anilines is 1. The number of amides is 1. The van der Waals surface area contributed by atoms with Gasteiger partial charge in [-0.15, -0.1) is 0 Å². The minimum atomic E-state index is -3.78. The largest absolute Gasteiger partial charge is 0.423 e. The molecule has 0 saturated carbocycles. The first-order valence-corrected chi connectivity index (χ1v) is 13.0. The lowest BCUT2D eigenvalue weighted by Crippen LogP contribution is -2.30. The fraction of sp³-hybridized carbons (Fsp3) is 0.167. The highest BCUT2D eigenvalue weighted by atomic mass is 79.9. The molecule has 0 aliphatic heterocycles. The number of esters is 1. The maximum absolute atomic E-state index is 12.8. The van der Waals surface area contributed by atoms with E-state index in [0.29, 0.717) is 24.3 Å². The van der Waals surface area contributed by atoms with E-state index in [0.717, 1.165) is 4.47 Å². The Morgan fingerprint density at radius 2 is 1.68 bits per heavy atom. The van der Waals surface area contributed by atoms with Gasteiger partial charge in [0.25, 0.3) is 5.91 Å². The van der Waals surface area contributed by atoms with Gasteiger partial charge in [0.1, 0.15) is 5.75 Å². The van der Waals surface area contributed by atoms with Gasteiger partial charge in [-0.25, -0.2) is 13.2 Å². The van der Waals surface area contributed by atoms with E-state index in [-0.39, 0.29) is 27.1 Å². The van der Waals surface area contributed by atoms with Crippen molar-refractivity contribution in [2.24, 2.45) is 0 Å². The van der Waals surface area contributed by atoms with E-state index < -0.39 is 16.0 Å². The molecule has 7 nitrogen and oxygen atoms in total. The van der Waals surface area contributed by atoms with Gasteiger partial charge in [0, 0.05) is 34.9 Å². The van der Waals surface area contributed by atoms with Crippen LogP contribution in [0.3, 0.4) is 0 Å². The number of rotatable bonds is 8. The number of sulfonamides is 1. The summed E-state index contributed by atoms with van der Waals surface area (Å²) in [4.78, 5) is 25.2. The standard InChI is InChI=1S/C24H22BrClN2O5S/c1-3-28(4-2)34(31,32)20-12-13-22(26)21(15-20)24(30)33-19-7-5-6-18(14-19)27-23(29)16-8-10-17(25)11-9-16/h5-15H,3-4H2,1-2H3,(H,27,29). The van der Waals surface area contributed by atoms with Crippen LogP contribution in [0.5, 0.6) is 5.75 Å². The fourth-order valence-electron chi connectivity index (χ4n) is 3.14. The third kappa shape index (κ3) is 6.04. The lowest BCUT2D eigenvalue weighted by atomic mass is 10.2. The molecule has 3 rings (SSSR count). The number of halogens is 2. The smallest absolute Gasteiger partial charge is 0.345 e. The summed E-state index contributed by atoms with van der Waals surface area (Å²) in [6.07, 6.45) is 0. The Balaban J connectivity index is 1.80. The van der Waals surface area contributed by atoms with Crippen LogP contribution in [0.1, 0.15) is 34.6 Å². The van der Waals surface area contributed by atoms with Crippen molar-refractivity contribution in [1.29, 1.82) is 0 Å². The van der Waals surface area contributed by atoms with Gasteiger partial charge in [-0.1, -0.05) is 47.4 Å². The summed E-state index contributed by atoms with van der Waals surface area (Å²) in [6, 6.07) is 17.1. The number of carbonyl (C=O) groups is 2. The summed E-state index contributed by atoms with van der Waals surface area (Å²) in [5.41, 5.74) is 0.796. The van der Waals surface area contributed by atoms with Crippen LogP contribution in [-0.2, 0) is 10.0 Å². The van der Waals surface area contributed by atoms with Crippen molar-refractivity contribution >= 4 is 55.1 Å². The molecule has 0 bridgehead atoms. The van der Waals surface area contributed by atoms with Gasteiger partial charge in [0.2, 0.25) is 10.0 Å². The highest BCUT2D eigenvalue weighted by Crippen LogP contribution is 2.26. The third-order valence-electron chi connectivity index (χ3n) is 4.91. The van der Waals surface area contributed by atoms with Crippen LogP contribution in [-0.4, -0.2) is 37.7 Å². The first kappa shape index (κ1) is 25.9. The summed E-state index contributed by atoms with van der Waals surface area (Å²) in [6.45, 7) is 4.04. The molecule has 0 unspecified atom stereocenters. The molecule has 10 heteroatoms. The van der Waals surface area contributed by atoms with Gasteiger partial charge in [-0.2, -0.15) is 4.31 Å². The van der Waals surface area contributed by atoms with E-state index in [1.165, 1.54) is 34.6 Å². The second-order valence-corrected chi connectivity index (χ2v) is 10.4. The van der Waals surface area contributed by atoms with Crippen LogP contribution >= 0.6 is 27.5 Å². The number of ether oxygens (including phenoxy) is 1. The van der Waals surface area contributed by atoms with Crippen LogP contribution < -0.4 is 10.1 Å². The predicted octanol–water partition coefficient (Wildman–Crippen LogP) is 5.60. The number of carbonyl (C=O) groups excluding carboxylic acids is 2. The lowest BCUT2D eigenvalue weighted by Gasteiger charge is -2.19. The molecule has 1 amide bonds. The Morgan fingerprint density at radius 3 is 2.32 bits per heavy atom. The molecule has 0 fully saturated rings. The van der Waals surface area contributed by atoms with E-state index in [9.17, 15) is 18.0 Å². The zero-order chi connectivity index (χ0) is 24.9. The second-order valence-electron chi connectivity index (χ2n) is 7.11. The highest BCUT2D eigenvalue weighted by Gasteiger charge is 2.24. The normalized spacial score (nSPS) is 11.3. The second kappa shape index (κ2) is 11.1. The lowest BCUT2D eigenvalue weighted by molar-refractivity contribution is 0.0734. The molecule has 1 N–H and O–H groups in total. The molecule has 34 heavy (non-hydrogen) atoms. The fourth-order valence-corrected chi connectivity index (χ4v) is 5.08. The molecular formula is C24H22BrClN2O5S. The molecular weight excluding hydrogens is 544 g/mol. The number of hydrogen-bond donors (Lipinski definition) is 1. The van der Waals surface area contributed by atoms with Crippen molar-refractivity contribution in [3.63, 3.8) is 0 Å². The summed E-state index contributed by atoms with van der Waals surface area (Å²) in [7, 11) is -3.78. The topological polar surface area (TPSA) is 92.8 Å². The minimum Gasteiger partial charge on any atom is -0.423 e. The number of nitrogens with one attached hydrogen (secondary N) is 1. The Kier molecular flexibility index (Phi) is 8.48. The Morgan fingerprint density at radius 1 is 1.00 bits per heavy atom. The first-order valence-electron chi connectivity index (χ1n) is 10.3. The summed E-state index contributed by atoms with van der Waals surface area (Å²) in [5.74, 6) is -0.988. The molecule has 178 valence electrons. The maximum Gasteiger partial charge on any atom is 0.345 e. The van der Waals surface area contributed by atoms with Gasteiger partial charge < -0.3 is 10.1 Å². The van der Waals surface area contributed by atoms with Crippen molar-refractivity contribution < 1.29 is 22.7 Å². The van der Waals surface area contributed by atoms with Crippen LogP contribution in [0, 0.1) is 0 Å². The molecule has 0 heterocycles. The number of benzene rings is 3. The predicted molar refractivity (Wildman–Crippen MR) is 135 cm³/mol. The first-order chi connectivity index (χ1) is 16.1. The molecule has 0 saturated heterocycles. The average molecular weight is 566 g/mol. The van der Waals surface area contributed by atoms with Gasteiger partial charge in [-0.3, -0.25) is 4.79 Å². The monoisotopic (exact) mass is 564 g/mol. The number of nitrogens with zero attached hydrogens (tertiary/aromatic N) is 1. The third-order valence-corrected chi connectivity index (χ3v) is 7.81. The van der Waals surface area contributed by atoms with Crippen molar-refractivity contribution in [2.45, 2.75) is 18.7 Å². The zero-order valence-electron chi connectivity index (χ0n) is 18.4. The van der Waals surface area contributed by atoms with Crippen LogP contribution in [0.4, 0.5) is 5.69 Å². The highest BCUT2D eigenvalue weighted by molar-refractivity contribution is 9.10. The molecule has 0 aromatic heterocycles.